The molecule has 0 saturated carbocycles. The number of benzene rings is 2. The third kappa shape index (κ3) is 4.15. The highest BCUT2D eigenvalue weighted by Crippen LogP contribution is 2.16. The largest absolute Gasteiger partial charge is 0.368 e. The van der Waals surface area contributed by atoms with Gasteiger partial charge in [-0.1, -0.05) is 36.4 Å². The average molecular weight is 419 g/mol. The van der Waals surface area contributed by atoms with E-state index in [1.165, 1.54) is 0 Å². The van der Waals surface area contributed by atoms with Gasteiger partial charge in [0.05, 0.1) is 16.6 Å². The molecule has 31 heavy (non-hydrogen) atoms. The number of hydrogen-bond acceptors (Lipinski definition) is 5. The molecule has 0 saturated heterocycles. The minimum atomic E-state index is -0.192. The van der Waals surface area contributed by atoms with Crippen molar-refractivity contribution in [3.63, 3.8) is 0 Å². The number of para-hydroxylation sites is 1. The van der Waals surface area contributed by atoms with E-state index in [9.17, 15) is 9.59 Å². The van der Waals surface area contributed by atoms with Crippen LogP contribution >= 0.6 is 0 Å². The highest BCUT2D eigenvalue weighted by atomic mass is 16.1. The van der Waals surface area contributed by atoms with Crippen molar-refractivity contribution in [2.24, 2.45) is 7.05 Å². The van der Waals surface area contributed by atoms with Crippen LogP contribution in [0.4, 0.5) is 5.82 Å². The van der Waals surface area contributed by atoms with Crippen LogP contribution in [0.3, 0.4) is 0 Å². The van der Waals surface area contributed by atoms with Gasteiger partial charge in [-0.15, -0.1) is 0 Å². The van der Waals surface area contributed by atoms with Gasteiger partial charge in [0.2, 0.25) is 0 Å². The summed E-state index contributed by atoms with van der Waals surface area (Å²) in [6.45, 7) is 3.91. The van der Waals surface area contributed by atoms with Crippen LogP contribution in [-0.2, 0) is 13.6 Å². The molecule has 4 aromatic rings. The zero-order chi connectivity index (χ0) is 21.8. The number of aromatic amines is 1. The van der Waals surface area contributed by atoms with Crippen LogP contribution in [0.2, 0.25) is 0 Å². The number of nitrogens with one attached hydrogen (secondary N) is 3. The second-order valence-corrected chi connectivity index (χ2v) is 7.44. The van der Waals surface area contributed by atoms with E-state index < -0.39 is 0 Å². The molecular formula is C23H26N6O2. The Bertz CT molecular complexity index is 1300. The van der Waals surface area contributed by atoms with Crippen LogP contribution in [0.5, 0.6) is 0 Å². The summed E-state index contributed by atoms with van der Waals surface area (Å²) in [6.07, 6.45) is 0.841. The van der Waals surface area contributed by atoms with Gasteiger partial charge in [0.15, 0.2) is 5.82 Å². The first-order valence-corrected chi connectivity index (χ1v) is 10.3. The Morgan fingerprint density at radius 1 is 0.968 bits per heavy atom. The van der Waals surface area contributed by atoms with Gasteiger partial charge in [0.1, 0.15) is 0 Å². The standard InChI is InChI=1S/C23H26N6O2/c1-16-20(23(31)29(28(16)2)17-9-4-3-5-10-17)15-24-13-8-14-25-21-18-11-6-7-12-19(18)22(30)27-26-21/h3-7,9-12,24H,8,13-15H2,1-2H3,(H,25,26)(H,27,30). The molecule has 0 aliphatic rings. The molecule has 0 spiro atoms. The highest BCUT2D eigenvalue weighted by molar-refractivity contribution is 5.90. The second kappa shape index (κ2) is 9.01. The molecular weight excluding hydrogens is 392 g/mol. The lowest BCUT2D eigenvalue weighted by Crippen LogP contribution is -2.25. The molecule has 0 radical (unpaired) electrons. The molecule has 0 amide bonds. The fourth-order valence-corrected chi connectivity index (χ4v) is 3.71. The molecule has 0 aliphatic heterocycles. The topological polar surface area (TPSA) is 96.7 Å². The normalized spacial score (nSPS) is 11.2. The molecule has 2 aromatic carbocycles. The third-order valence-corrected chi connectivity index (χ3v) is 5.49. The van der Waals surface area contributed by atoms with E-state index in [4.69, 9.17) is 0 Å². The Balaban J connectivity index is 1.34. The van der Waals surface area contributed by atoms with E-state index in [1.54, 1.807) is 10.7 Å². The Morgan fingerprint density at radius 3 is 2.45 bits per heavy atom. The summed E-state index contributed by atoms with van der Waals surface area (Å²) in [6, 6.07) is 17.0. The first-order valence-electron chi connectivity index (χ1n) is 10.3. The van der Waals surface area contributed by atoms with Crippen molar-refractivity contribution in [2.75, 3.05) is 18.4 Å². The van der Waals surface area contributed by atoms with Gasteiger partial charge in [0.25, 0.3) is 11.1 Å². The molecule has 2 aromatic heterocycles. The second-order valence-electron chi connectivity index (χ2n) is 7.44. The molecule has 4 rings (SSSR count). The Labute approximate surface area is 179 Å². The van der Waals surface area contributed by atoms with Crippen LogP contribution < -0.4 is 21.8 Å². The highest BCUT2D eigenvalue weighted by Gasteiger charge is 2.15. The molecule has 8 heteroatoms. The lowest BCUT2D eigenvalue weighted by molar-refractivity contribution is 0.629. The molecule has 8 nitrogen and oxygen atoms in total. The van der Waals surface area contributed by atoms with Crippen molar-refractivity contribution in [1.29, 1.82) is 0 Å². The predicted molar refractivity (Wildman–Crippen MR) is 123 cm³/mol. The summed E-state index contributed by atoms with van der Waals surface area (Å²) >= 11 is 0. The first kappa shape index (κ1) is 20.6. The van der Waals surface area contributed by atoms with Crippen LogP contribution in [-0.4, -0.2) is 32.7 Å². The van der Waals surface area contributed by atoms with E-state index in [-0.39, 0.29) is 11.1 Å². The smallest absolute Gasteiger partial charge is 0.276 e. The number of rotatable bonds is 8. The van der Waals surface area contributed by atoms with Crippen molar-refractivity contribution in [1.82, 2.24) is 24.9 Å². The molecule has 0 fully saturated rings. The van der Waals surface area contributed by atoms with E-state index in [1.807, 2.05) is 67.2 Å². The Kier molecular flexibility index (Phi) is 5.99. The third-order valence-electron chi connectivity index (χ3n) is 5.49. The van der Waals surface area contributed by atoms with E-state index in [0.29, 0.717) is 24.3 Å². The van der Waals surface area contributed by atoms with Crippen LogP contribution in [0, 0.1) is 6.92 Å². The van der Waals surface area contributed by atoms with Crippen molar-refractivity contribution < 1.29 is 0 Å². The van der Waals surface area contributed by atoms with E-state index in [0.717, 1.165) is 35.3 Å². The zero-order valence-corrected chi connectivity index (χ0v) is 17.7. The monoisotopic (exact) mass is 418 g/mol. The van der Waals surface area contributed by atoms with Gasteiger partial charge in [-0.3, -0.25) is 14.3 Å². The lowest BCUT2D eigenvalue weighted by atomic mass is 10.2. The van der Waals surface area contributed by atoms with Crippen molar-refractivity contribution in [3.8, 4) is 5.69 Å². The van der Waals surface area contributed by atoms with Crippen LogP contribution in [0.25, 0.3) is 16.5 Å². The fraction of sp³-hybridized carbons (Fsp3) is 0.261. The SMILES string of the molecule is Cc1c(CNCCCNc2n[nH]c(=O)c3ccccc23)c(=O)n(-c2ccccc2)n1C. The molecule has 2 heterocycles. The quantitative estimate of drug-likeness (QED) is 0.382. The van der Waals surface area contributed by atoms with Crippen LogP contribution in [0.15, 0.2) is 64.2 Å². The van der Waals surface area contributed by atoms with E-state index >= 15 is 0 Å². The average Bonchev–Trinajstić information content (AvgIpc) is 3.01. The lowest BCUT2D eigenvalue weighted by Gasteiger charge is -2.08. The zero-order valence-electron chi connectivity index (χ0n) is 17.7. The van der Waals surface area contributed by atoms with E-state index in [2.05, 4.69) is 20.8 Å². The summed E-state index contributed by atoms with van der Waals surface area (Å²) in [5, 5.41) is 14.7. The number of fused-ring (bicyclic) bond motifs is 1. The van der Waals surface area contributed by atoms with Gasteiger partial charge in [-0.05, 0) is 38.1 Å². The Morgan fingerprint density at radius 2 is 1.68 bits per heavy atom. The summed E-state index contributed by atoms with van der Waals surface area (Å²) in [4.78, 5) is 24.8. The summed E-state index contributed by atoms with van der Waals surface area (Å²) in [7, 11) is 1.90. The molecule has 0 unspecified atom stereocenters. The number of H-pyrrole nitrogens is 1. The molecule has 0 atom stereocenters. The summed E-state index contributed by atoms with van der Waals surface area (Å²) < 4.78 is 3.59. The minimum absolute atomic E-state index is 0.000680. The molecule has 0 bridgehead atoms. The predicted octanol–water partition coefficient (Wildman–Crippen LogP) is 2.31. The number of hydrogen-bond donors (Lipinski definition) is 3. The maximum Gasteiger partial charge on any atom is 0.276 e. The van der Waals surface area contributed by atoms with Crippen molar-refractivity contribution >= 4 is 16.6 Å². The number of nitrogens with zero attached hydrogens (tertiary/aromatic N) is 3. The van der Waals surface area contributed by atoms with Gasteiger partial charge in [-0.2, -0.15) is 5.10 Å². The number of anilines is 1. The first-order chi connectivity index (χ1) is 15.1. The van der Waals surface area contributed by atoms with Crippen molar-refractivity contribution in [3.05, 3.63) is 86.6 Å². The maximum absolute atomic E-state index is 12.9. The van der Waals surface area contributed by atoms with Crippen molar-refractivity contribution in [2.45, 2.75) is 19.9 Å². The molecule has 160 valence electrons. The molecule has 0 aliphatic carbocycles. The maximum atomic E-state index is 12.9. The summed E-state index contributed by atoms with van der Waals surface area (Å²) in [5.74, 6) is 0.667. The van der Waals surface area contributed by atoms with Gasteiger partial charge in [-0.25, -0.2) is 9.78 Å². The number of aromatic nitrogens is 4. The van der Waals surface area contributed by atoms with Gasteiger partial charge >= 0.3 is 0 Å². The molecule has 3 N–H and O–H groups in total. The Hall–Kier alpha value is -3.65. The minimum Gasteiger partial charge on any atom is -0.368 e. The fourth-order valence-electron chi connectivity index (χ4n) is 3.71. The van der Waals surface area contributed by atoms with Gasteiger partial charge in [0, 0.05) is 31.2 Å². The van der Waals surface area contributed by atoms with Crippen LogP contribution in [0.1, 0.15) is 17.7 Å². The summed E-state index contributed by atoms with van der Waals surface area (Å²) in [5.41, 5.74) is 2.38. The van der Waals surface area contributed by atoms with Gasteiger partial charge < -0.3 is 10.6 Å².